The number of benzene rings is 1. The number of carbonyl (C=O) groups is 2. The lowest BCUT2D eigenvalue weighted by Gasteiger charge is -2.35. The summed E-state index contributed by atoms with van der Waals surface area (Å²) in [6.45, 7) is 0.985. The van der Waals surface area contributed by atoms with Gasteiger partial charge in [-0.15, -0.1) is 11.3 Å². The number of hydrogen-bond donors (Lipinski definition) is 0. The van der Waals surface area contributed by atoms with Crippen molar-refractivity contribution in [3.63, 3.8) is 0 Å². The van der Waals surface area contributed by atoms with Gasteiger partial charge in [0.05, 0.1) is 19.2 Å². The summed E-state index contributed by atoms with van der Waals surface area (Å²) in [4.78, 5) is 31.5. The van der Waals surface area contributed by atoms with Crippen LogP contribution < -0.4 is 0 Å². The molecule has 2 heterocycles. The molecule has 0 unspecified atom stereocenters. The van der Waals surface area contributed by atoms with E-state index in [9.17, 15) is 9.59 Å². The van der Waals surface area contributed by atoms with E-state index in [0.29, 0.717) is 19.5 Å². The number of thiophene rings is 1. The van der Waals surface area contributed by atoms with Crippen molar-refractivity contribution in [2.45, 2.75) is 57.7 Å². The van der Waals surface area contributed by atoms with Crippen molar-refractivity contribution in [2.24, 2.45) is 0 Å². The fraction of sp³-hybridized carbons (Fsp3) is 0.385. The topological polar surface area (TPSA) is 53.8 Å². The van der Waals surface area contributed by atoms with Crippen LogP contribution in [0.25, 0.3) is 0 Å². The van der Waals surface area contributed by atoms with Gasteiger partial charge in [-0.1, -0.05) is 55.7 Å². The van der Waals surface area contributed by atoms with Crippen molar-refractivity contribution in [1.82, 2.24) is 9.80 Å². The maximum Gasteiger partial charge on any atom is 0.242 e. The Morgan fingerprint density at radius 2 is 1.72 bits per heavy atom. The SMILES string of the molecule is O=C(CN(C(=O)Cc1cccs1)C1CCCCC1)N(Cc1ccccc1)Cc1ccco1. The highest BCUT2D eigenvalue weighted by Gasteiger charge is 2.29. The molecule has 0 N–H and O–H groups in total. The van der Waals surface area contributed by atoms with Crippen LogP contribution in [0, 0.1) is 0 Å². The summed E-state index contributed by atoms with van der Waals surface area (Å²) in [6, 6.07) is 17.8. The highest BCUT2D eigenvalue weighted by molar-refractivity contribution is 7.10. The van der Waals surface area contributed by atoms with Gasteiger partial charge in [0.15, 0.2) is 0 Å². The van der Waals surface area contributed by atoms with Crippen molar-refractivity contribution in [3.05, 3.63) is 82.4 Å². The first-order chi connectivity index (χ1) is 15.7. The van der Waals surface area contributed by atoms with Crippen molar-refractivity contribution in [3.8, 4) is 0 Å². The Kier molecular flexibility index (Phi) is 7.77. The van der Waals surface area contributed by atoms with Crippen molar-refractivity contribution >= 4 is 23.2 Å². The van der Waals surface area contributed by atoms with Gasteiger partial charge >= 0.3 is 0 Å². The van der Waals surface area contributed by atoms with Crippen LogP contribution in [0.3, 0.4) is 0 Å². The van der Waals surface area contributed by atoms with Crippen LogP contribution in [0.2, 0.25) is 0 Å². The fourth-order valence-corrected chi connectivity index (χ4v) is 5.05. The first-order valence-electron chi connectivity index (χ1n) is 11.3. The lowest BCUT2D eigenvalue weighted by molar-refractivity contribution is -0.143. The minimum absolute atomic E-state index is 0.0460. The van der Waals surface area contributed by atoms with Gasteiger partial charge in [-0.25, -0.2) is 0 Å². The number of furan rings is 1. The van der Waals surface area contributed by atoms with Gasteiger partial charge in [0.25, 0.3) is 0 Å². The van der Waals surface area contributed by atoms with Gasteiger partial charge in [-0.3, -0.25) is 9.59 Å². The number of amides is 2. The van der Waals surface area contributed by atoms with Gasteiger partial charge in [-0.05, 0) is 42.0 Å². The van der Waals surface area contributed by atoms with Crippen molar-refractivity contribution in [2.75, 3.05) is 6.54 Å². The Morgan fingerprint density at radius 3 is 2.41 bits per heavy atom. The van der Waals surface area contributed by atoms with Crippen LogP contribution >= 0.6 is 11.3 Å². The second-order valence-electron chi connectivity index (χ2n) is 8.38. The molecule has 6 heteroatoms. The zero-order valence-corrected chi connectivity index (χ0v) is 19.1. The Bertz CT molecular complexity index is 964. The summed E-state index contributed by atoms with van der Waals surface area (Å²) >= 11 is 1.59. The minimum Gasteiger partial charge on any atom is -0.467 e. The summed E-state index contributed by atoms with van der Waals surface area (Å²) in [5.74, 6) is 0.740. The standard InChI is InChI=1S/C26H30N2O3S/c29-25(17-24-14-8-16-32-24)28(22-11-5-2-6-12-22)20-26(30)27(19-23-13-7-15-31-23)18-21-9-3-1-4-10-21/h1,3-4,7-10,13-16,22H,2,5-6,11-12,17-20H2. The van der Waals surface area contributed by atoms with Gasteiger partial charge in [0.2, 0.25) is 11.8 Å². The van der Waals surface area contributed by atoms with E-state index < -0.39 is 0 Å². The molecule has 0 bridgehead atoms. The fourth-order valence-electron chi connectivity index (χ4n) is 4.35. The zero-order valence-electron chi connectivity index (χ0n) is 18.3. The Hall–Kier alpha value is -2.86. The van der Waals surface area contributed by atoms with Crippen molar-refractivity contribution in [1.29, 1.82) is 0 Å². The van der Waals surface area contributed by atoms with E-state index in [4.69, 9.17) is 4.42 Å². The molecule has 0 atom stereocenters. The van der Waals surface area contributed by atoms with Gasteiger partial charge in [-0.2, -0.15) is 0 Å². The maximum absolute atomic E-state index is 13.5. The summed E-state index contributed by atoms with van der Waals surface area (Å²) in [5.41, 5.74) is 1.06. The van der Waals surface area contributed by atoms with E-state index in [1.165, 1.54) is 6.42 Å². The third kappa shape index (κ3) is 6.10. The molecular weight excluding hydrogens is 420 g/mol. The Morgan fingerprint density at radius 1 is 0.906 bits per heavy atom. The van der Waals surface area contributed by atoms with Gasteiger partial charge in [0.1, 0.15) is 12.3 Å². The number of carbonyl (C=O) groups excluding carboxylic acids is 2. The normalized spacial score (nSPS) is 14.2. The van der Waals surface area contributed by atoms with E-state index in [0.717, 1.165) is 41.9 Å². The molecule has 4 rings (SSSR count). The van der Waals surface area contributed by atoms with Gasteiger partial charge in [0, 0.05) is 17.5 Å². The van der Waals surface area contributed by atoms with Crippen LogP contribution in [0.4, 0.5) is 0 Å². The quantitative estimate of drug-likeness (QED) is 0.446. The second kappa shape index (κ2) is 11.1. The molecule has 3 aromatic rings. The second-order valence-corrected chi connectivity index (χ2v) is 9.42. The predicted octanol–water partition coefficient (Wildman–Crippen LogP) is 5.27. The summed E-state index contributed by atoms with van der Waals surface area (Å²) in [5, 5.41) is 1.99. The molecule has 32 heavy (non-hydrogen) atoms. The molecule has 0 saturated heterocycles. The molecule has 5 nitrogen and oxygen atoms in total. The van der Waals surface area contributed by atoms with Crippen LogP contribution in [-0.2, 0) is 29.1 Å². The van der Waals surface area contributed by atoms with E-state index in [1.807, 2.05) is 64.9 Å². The monoisotopic (exact) mass is 450 g/mol. The molecule has 0 aliphatic heterocycles. The van der Waals surface area contributed by atoms with Crippen LogP contribution in [0.1, 0.15) is 48.3 Å². The number of rotatable bonds is 9. The number of nitrogens with zero attached hydrogens (tertiary/aromatic N) is 2. The van der Waals surface area contributed by atoms with Gasteiger partial charge < -0.3 is 14.2 Å². The van der Waals surface area contributed by atoms with Crippen LogP contribution in [-0.4, -0.2) is 34.2 Å². The van der Waals surface area contributed by atoms with E-state index >= 15 is 0 Å². The molecule has 2 aromatic heterocycles. The predicted molar refractivity (Wildman–Crippen MR) is 126 cm³/mol. The lowest BCUT2D eigenvalue weighted by atomic mass is 9.94. The summed E-state index contributed by atoms with van der Waals surface area (Å²) in [7, 11) is 0. The number of hydrogen-bond acceptors (Lipinski definition) is 4. The van der Waals surface area contributed by atoms with Crippen LogP contribution in [0.5, 0.6) is 0 Å². The molecule has 1 aliphatic carbocycles. The molecular formula is C26H30N2O3S. The average molecular weight is 451 g/mol. The molecule has 0 spiro atoms. The molecule has 168 valence electrons. The molecule has 1 aliphatic rings. The first-order valence-corrected chi connectivity index (χ1v) is 12.2. The zero-order chi connectivity index (χ0) is 22.2. The highest BCUT2D eigenvalue weighted by Crippen LogP contribution is 2.24. The molecule has 1 saturated carbocycles. The third-order valence-electron chi connectivity index (χ3n) is 6.04. The van der Waals surface area contributed by atoms with Crippen LogP contribution in [0.15, 0.2) is 70.7 Å². The molecule has 1 aromatic carbocycles. The van der Waals surface area contributed by atoms with E-state index in [-0.39, 0.29) is 24.4 Å². The van der Waals surface area contributed by atoms with E-state index in [1.54, 1.807) is 22.5 Å². The summed E-state index contributed by atoms with van der Waals surface area (Å²) < 4.78 is 5.52. The minimum atomic E-state index is -0.0460. The van der Waals surface area contributed by atoms with E-state index in [2.05, 4.69) is 0 Å². The largest absolute Gasteiger partial charge is 0.467 e. The summed E-state index contributed by atoms with van der Waals surface area (Å²) in [6.07, 6.45) is 7.36. The smallest absolute Gasteiger partial charge is 0.242 e. The molecule has 1 fully saturated rings. The first kappa shape index (κ1) is 22.3. The average Bonchev–Trinajstić information content (AvgIpc) is 3.52. The highest BCUT2D eigenvalue weighted by atomic mass is 32.1. The maximum atomic E-state index is 13.5. The third-order valence-corrected chi connectivity index (χ3v) is 6.92. The lowest BCUT2D eigenvalue weighted by Crippen LogP contribution is -2.48. The molecule has 2 amide bonds. The molecule has 0 radical (unpaired) electrons. The Labute approximate surface area is 193 Å². The Balaban J connectivity index is 1.51. The van der Waals surface area contributed by atoms with Crippen molar-refractivity contribution < 1.29 is 14.0 Å².